The maximum absolute atomic E-state index is 6.19. The van der Waals surface area contributed by atoms with E-state index in [1.807, 2.05) is 0 Å². The predicted molar refractivity (Wildman–Crippen MR) is 74.1 cm³/mol. The van der Waals surface area contributed by atoms with Gasteiger partial charge >= 0.3 is 0 Å². The highest BCUT2D eigenvalue weighted by atomic mass is 16.5. The SMILES string of the molecule is Cc1ccc(OC2C[C@H]3CCC[C@@H](C2)N3)cc1C. The van der Waals surface area contributed by atoms with Gasteiger partial charge in [0.15, 0.2) is 0 Å². The molecule has 0 spiro atoms. The van der Waals surface area contributed by atoms with E-state index in [0.717, 1.165) is 5.75 Å². The van der Waals surface area contributed by atoms with Gasteiger partial charge in [-0.1, -0.05) is 12.5 Å². The lowest BCUT2D eigenvalue weighted by Crippen LogP contribution is -2.51. The molecule has 2 heteroatoms. The molecule has 0 amide bonds. The number of piperidine rings is 2. The summed E-state index contributed by atoms with van der Waals surface area (Å²) in [4.78, 5) is 0. The molecule has 2 fully saturated rings. The van der Waals surface area contributed by atoms with Crippen molar-refractivity contribution < 1.29 is 4.74 Å². The number of ether oxygens (including phenoxy) is 1. The molecule has 18 heavy (non-hydrogen) atoms. The molecular weight excluding hydrogens is 222 g/mol. The Morgan fingerprint density at radius 3 is 2.44 bits per heavy atom. The molecule has 3 rings (SSSR count). The van der Waals surface area contributed by atoms with Crippen LogP contribution >= 0.6 is 0 Å². The third-order valence-electron chi connectivity index (χ3n) is 4.45. The maximum atomic E-state index is 6.19. The maximum Gasteiger partial charge on any atom is 0.120 e. The summed E-state index contributed by atoms with van der Waals surface area (Å²) in [5.41, 5.74) is 2.66. The van der Waals surface area contributed by atoms with Crippen molar-refractivity contribution in [3.8, 4) is 5.75 Å². The number of aryl methyl sites for hydroxylation is 2. The molecule has 0 radical (unpaired) electrons. The van der Waals surface area contributed by atoms with Crippen LogP contribution in [0.25, 0.3) is 0 Å². The van der Waals surface area contributed by atoms with E-state index in [2.05, 4.69) is 37.4 Å². The molecule has 0 aliphatic carbocycles. The van der Waals surface area contributed by atoms with Gasteiger partial charge < -0.3 is 10.1 Å². The van der Waals surface area contributed by atoms with Crippen LogP contribution in [0.1, 0.15) is 43.2 Å². The fourth-order valence-electron chi connectivity index (χ4n) is 3.29. The van der Waals surface area contributed by atoms with E-state index in [-0.39, 0.29) is 0 Å². The van der Waals surface area contributed by atoms with Crippen molar-refractivity contribution in [2.45, 2.75) is 64.1 Å². The van der Waals surface area contributed by atoms with E-state index >= 15 is 0 Å². The molecule has 2 aliphatic rings. The molecule has 0 aromatic heterocycles. The summed E-state index contributed by atoms with van der Waals surface area (Å²) in [5, 5.41) is 3.71. The third-order valence-corrected chi connectivity index (χ3v) is 4.45. The monoisotopic (exact) mass is 245 g/mol. The summed E-state index contributed by atoms with van der Waals surface area (Å²) in [6.07, 6.45) is 6.78. The number of hydrogen-bond acceptors (Lipinski definition) is 2. The molecule has 1 N–H and O–H groups in total. The van der Waals surface area contributed by atoms with Gasteiger partial charge in [-0.3, -0.25) is 0 Å². The Labute approximate surface area is 110 Å². The second kappa shape index (κ2) is 4.93. The Morgan fingerprint density at radius 2 is 1.78 bits per heavy atom. The average Bonchev–Trinajstić information content (AvgIpc) is 2.33. The lowest BCUT2D eigenvalue weighted by atomic mass is 9.85. The minimum atomic E-state index is 0.406. The first kappa shape index (κ1) is 12.0. The fourth-order valence-corrected chi connectivity index (χ4v) is 3.29. The van der Waals surface area contributed by atoms with E-state index < -0.39 is 0 Å². The van der Waals surface area contributed by atoms with E-state index in [1.54, 1.807) is 0 Å². The number of fused-ring (bicyclic) bond motifs is 2. The van der Waals surface area contributed by atoms with Crippen LogP contribution in [0.2, 0.25) is 0 Å². The minimum absolute atomic E-state index is 0.406. The first-order valence-corrected chi connectivity index (χ1v) is 7.20. The van der Waals surface area contributed by atoms with Gasteiger partial charge in [-0.15, -0.1) is 0 Å². The number of rotatable bonds is 2. The molecule has 2 bridgehead atoms. The fraction of sp³-hybridized carbons (Fsp3) is 0.625. The van der Waals surface area contributed by atoms with Gasteiger partial charge in [0.25, 0.3) is 0 Å². The number of nitrogens with one attached hydrogen (secondary N) is 1. The molecule has 2 nitrogen and oxygen atoms in total. The summed E-state index contributed by atoms with van der Waals surface area (Å²) in [5.74, 6) is 1.04. The third kappa shape index (κ3) is 2.54. The van der Waals surface area contributed by atoms with Gasteiger partial charge in [0, 0.05) is 12.1 Å². The first-order chi connectivity index (χ1) is 8.70. The highest BCUT2D eigenvalue weighted by molar-refractivity contribution is 5.34. The summed E-state index contributed by atoms with van der Waals surface area (Å²) in [6.45, 7) is 4.30. The molecule has 2 heterocycles. The zero-order valence-corrected chi connectivity index (χ0v) is 11.4. The molecular formula is C16H23NO. The van der Waals surface area contributed by atoms with Crippen LogP contribution in [0.3, 0.4) is 0 Å². The summed E-state index contributed by atoms with van der Waals surface area (Å²) in [6, 6.07) is 7.82. The van der Waals surface area contributed by atoms with Gasteiger partial charge in [0.2, 0.25) is 0 Å². The largest absolute Gasteiger partial charge is 0.490 e. The van der Waals surface area contributed by atoms with Gasteiger partial charge in [-0.05, 0) is 62.8 Å². The first-order valence-electron chi connectivity index (χ1n) is 7.20. The summed E-state index contributed by atoms with van der Waals surface area (Å²) >= 11 is 0. The van der Waals surface area contributed by atoms with Gasteiger partial charge in [-0.2, -0.15) is 0 Å². The molecule has 3 atom stereocenters. The molecule has 2 aliphatic heterocycles. The van der Waals surface area contributed by atoms with Crippen molar-refractivity contribution in [2.24, 2.45) is 0 Å². The zero-order valence-electron chi connectivity index (χ0n) is 11.4. The highest BCUT2D eigenvalue weighted by Crippen LogP contribution is 2.29. The molecule has 2 saturated heterocycles. The standard InChI is InChI=1S/C16H23NO/c1-11-6-7-15(8-12(11)2)18-16-9-13-4-3-5-14(10-16)17-13/h6-8,13-14,16-17H,3-5,9-10H2,1-2H3/t13-,14+,16?. The van der Waals surface area contributed by atoms with Crippen molar-refractivity contribution in [3.63, 3.8) is 0 Å². The Bertz CT molecular complexity index is 417. The molecule has 1 aromatic rings. The van der Waals surface area contributed by atoms with Gasteiger partial charge in [0.1, 0.15) is 11.9 Å². The second-order valence-corrected chi connectivity index (χ2v) is 5.95. The highest BCUT2D eigenvalue weighted by Gasteiger charge is 2.32. The summed E-state index contributed by atoms with van der Waals surface area (Å²) < 4.78 is 6.19. The Morgan fingerprint density at radius 1 is 1.06 bits per heavy atom. The molecule has 0 saturated carbocycles. The molecule has 1 unspecified atom stereocenters. The number of benzene rings is 1. The zero-order chi connectivity index (χ0) is 12.5. The minimum Gasteiger partial charge on any atom is -0.490 e. The molecule has 98 valence electrons. The van der Waals surface area contributed by atoms with Crippen LogP contribution in [0, 0.1) is 13.8 Å². The predicted octanol–water partition coefficient (Wildman–Crippen LogP) is 3.36. The Hall–Kier alpha value is -1.02. The Kier molecular flexibility index (Phi) is 3.29. The van der Waals surface area contributed by atoms with Gasteiger partial charge in [-0.25, -0.2) is 0 Å². The van der Waals surface area contributed by atoms with E-state index in [4.69, 9.17) is 4.74 Å². The quantitative estimate of drug-likeness (QED) is 0.862. The Balaban J connectivity index is 1.67. The average molecular weight is 245 g/mol. The topological polar surface area (TPSA) is 21.3 Å². The summed E-state index contributed by atoms with van der Waals surface area (Å²) in [7, 11) is 0. The van der Waals surface area contributed by atoms with Crippen LogP contribution in [0.15, 0.2) is 18.2 Å². The van der Waals surface area contributed by atoms with E-state index in [1.165, 1.54) is 43.2 Å². The number of hydrogen-bond donors (Lipinski definition) is 1. The molecule has 1 aromatic carbocycles. The van der Waals surface area contributed by atoms with Crippen molar-refractivity contribution >= 4 is 0 Å². The van der Waals surface area contributed by atoms with Crippen LogP contribution in [0.5, 0.6) is 5.75 Å². The van der Waals surface area contributed by atoms with E-state index in [0.29, 0.717) is 18.2 Å². The van der Waals surface area contributed by atoms with Crippen molar-refractivity contribution in [1.29, 1.82) is 0 Å². The van der Waals surface area contributed by atoms with Gasteiger partial charge in [0.05, 0.1) is 0 Å². The van der Waals surface area contributed by atoms with Crippen LogP contribution in [-0.2, 0) is 0 Å². The second-order valence-electron chi connectivity index (χ2n) is 5.95. The van der Waals surface area contributed by atoms with Crippen molar-refractivity contribution in [3.05, 3.63) is 29.3 Å². The van der Waals surface area contributed by atoms with Crippen LogP contribution < -0.4 is 10.1 Å². The van der Waals surface area contributed by atoms with Crippen LogP contribution in [-0.4, -0.2) is 18.2 Å². The van der Waals surface area contributed by atoms with Crippen LogP contribution in [0.4, 0.5) is 0 Å². The smallest absolute Gasteiger partial charge is 0.120 e. The van der Waals surface area contributed by atoms with E-state index in [9.17, 15) is 0 Å². The van der Waals surface area contributed by atoms with Crippen molar-refractivity contribution in [1.82, 2.24) is 5.32 Å². The lowest BCUT2D eigenvalue weighted by molar-refractivity contribution is 0.0927. The van der Waals surface area contributed by atoms with Crippen molar-refractivity contribution in [2.75, 3.05) is 0 Å². The normalized spacial score (nSPS) is 31.1. The lowest BCUT2D eigenvalue weighted by Gasteiger charge is -2.40.